The van der Waals surface area contributed by atoms with Crippen LogP contribution in [0.2, 0.25) is 0 Å². The van der Waals surface area contributed by atoms with Crippen molar-refractivity contribution in [3.63, 3.8) is 0 Å². The molecule has 1 aromatic heterocycles. The number of rotatable bonds is 1. The van der Waals surface area contributed by atoms with Crippen LogP contribution >= 0.6 is 0 Å². The Morgan fingerprint density at radius 2 is 2.00 bits per heavy atom. The number of pyridine rings is 1. The van der Waals surface area contributed by atoms with Crippen LogP contribution in [0.25, 0.3) is 5.57 Å². The van der Waals surface area contributed by atoms with E-state index in [0.717, 1.165) is 23.4 Å². The molecule has 0 fully saturated rings. The fourth-order valence-corrected chi connectivity index (χ4v) is 3.04. The van der Waals surface area contributed by atoms with Crippen molar-refractivity contribution in [1.82, 2.24) is 4.98 Å². The lowest BCUT2D eigenvalue weighted by molar-refractivity contribution is 0.471. The molecule has 0 aliphatic carbocycles. The first kappa shape index (κ1) is 12.7. The van der Waals surface area contributed by atoms with Gasteiger partial charge in [0.2, 0.25) is 0 Å². The molecule has 0 radical (unpaired) electrons. The van der Waals surface area contributed by atoms with E-state index >= 15 is 0 Å². The zero-order valence-electron chi connectivity index (χ0n) is 12.0. The summed E-state index contributed by atoms with van der Waals surface area (Å²) in [7, 11) is 2.06. The molecule has 0 saturated heterocycles. The fourth-order valence-electron chi connectivity index (χ4n) is 3.04. The molecular weight excluding hydrogens is 248 g/mol. The first-order valence-electron chi connectivity index (χ1n) is 6.74. The van der Waals surface area contributed by atoms with Crippen LogP contribution in [0, 0.1) is 6.92 Å². The number of fused-ring (bicyclic) bond motifs is 1. The topological polar surface area (TPSA) is 36.4 Å². The normalized spacial score (nSPS) is 14.4. The number of hydrogen-bond acceptors (Lipinski definition) is 3. The molecule has 20 heavy (non-hydrogen) atoms. The van der Waals surface area contributed by atoms with Crippen molar-refractivity contribution in [3.8, 4) is 5.75 Å². The maximum absolute atomic E-state index is 9.96. The summed E-state index contributed by atoms with van der Waals surface area (Å²) in [6, 6.07) is 7.82. The molecule has 2 aromatic rings. The molecule has 0 saturated carbocycles. The number of benzene rings is 1. The van der Waals surface area contributed by atoms with Crippen LogP contribution in [0.1, 0.15) is 23.6 Å². The molecule has 0 spiro atoms. The molecule has 3 heteroatoms. The van der Waals surface area contributed by atoms with Crippen LogP contribution in [0.5, 0.6) is 5.75 Å². The third-order valence-corrected chi connectivity index (χ3v) is 3.90. The third-order valence-electron chi connectivity index (χ3n) is 3.90. The van der Waals surface area contributed by atoms with Gasteiger partial charge >= 0.3 is 0 Å². The van der Waals surface area contributed by atoms with Crippen molar-refractivity contribution in [3.05, 3.63) is 58.9 Å². The summed E-state index contributed by atoms with van der Waals surface area (Å²) >= 11 is 0. The number of phenols is 1. The van der Waals surface area contributed by atoms with E-state index in [2.05, 4.69) is 29.9 Å². The predicted octanol–water partition coefficient (Wildman–Crippen LogP) is 3.37. The minimum absolute atomic E-state index is 0.348. The minimum atomic E-state index is 0.348. The number of likely N-dealkylation sites (N-methyl/N-ethyl adjacent to an activating group) is 1. The van der Waals surface area contributed by atoms with Crippen molar-refractivity contribution >= 4 is 11.3 Å². The molecule has 1 N–H and O–H groups in total. The van der Waals surface area contributed by atoms with Gasteiger partial charge in [0, 0.05) is 42.7 Å². The van der Waals surface area contributed by atoms with Crippen LogP contribution in [-0.4, -0.2) is 23.7 Å². The molecule has 0 atom stereocenters. The molecule has 1 aliphatic rings. The number of phenolic OH excluding ortho intramolecular Hbond substituents is 1. The van der Waals surface area contributed by atoms with E-state index in [1.807, 2.05) is 25.3 Å². The van der Waals surface area contributed by atoms with E-state index in [9.17, 15) is 5.11 Å². The highest BCUT2D eigenvalue weighted by atomic mass is 16.3. The van der Waals surface area contributed by atoms with Gasteiger partial charge < -0.3 is 10.0 Å². The quantitative estimate of drug-likeness (QED) is 0.859. The standard InChI is InChI=1S/C17H18N2O/c1-11-10-19(3)17-12(2)15(20)7-6-14(17)16(11)13-5-4-8-18-9-13/h4-9,20H,10H2,1-3H3. The monoisotopic (exact) mass is 266 g/mol. The number of aromatic hydroxyl groups is 1. The molecule has 1 aromatic carbocycles. The smallest absolute Gasteiger partial charge is 0.120 e. The molecule has 1 aliphatic heterocycles. The van der Waals surface area contributed by atoms with Crippen molar-refractivity contribution in [2.24, 2.45) is 0 Å². The van der Waals surface area contributed by atoms with E-state index in [0.29, 0.717) is 5.75 Å². The van der Waals surface area contributed by atoms with Gasteiger partial charge in [-0.05, 0) is 43.2 Å². The Kier molecular flexibility index (Phi) is 2.97. The maximum atomic E-state index is 9.96. The highest BCUT2D eigenvalue weighted by Crippen LogP contribution is 2.42. The summed E-state index contributed by atoms with van der Waals surface area (Å²) in [6.45, 7) is 4.98. The van der Waals surface area contributed by atoms with Crippen LogP contribution < -0.4 is 4.90 Å². The zero-order chi connectivity index (χ0) is 14.3. The molecule has 3 rings (SSSR count). The Labute approximate surface area is 119 Å². The Morgan fingerprint density at radius 1 is 1.20 bits per heavy atom. The molecule has 0 amide bonds. The second-order valence-electron chi connectivity index (χ2n) is 5.36. The summed E-state index contributed by atoms with van der Waals surface area (Å²) in [4.78, 5) is 6.42. The van der Waals surface area contributed by atoms with Gasteiger partial charge in [-0.25, -0.2) is 0 Å². The number of nitrogens with zero attached hydrogens (tertiary/aromatic N) is 2. The number of aromatic nitrogens is 1. The van der Waals surface area contributed by atoms with Gasteiger partial charge in [-0.2, -0.15) is 0 Å². The average Bonchev–Trinajstić information content (AvgIpc) is 2.43. The van der Waals surface area contributed by atoms with Crippen molar-refractivity contribution in [2.45, 2.75) is 13.8 Å². The Balaban J connectivity index is 2.28. The van der Waals surface area contributed by atoms with Crippen molar-refractivity contribution < 1.29 is 5.11 Å². The number of anilines is 1. The fraction of sp³-hybridized carbons (Fsp3) is 0.235. The summed E-state index contributed by atoms with van der Waals surface area (Å²) in [5, 5.41) is 9.96. The van der Waals surface area contributed by atoms with Gasteiger partial charge in [0.25, 0.3) is 0 Å². The highest BCUT2D eigenvalue weighted by molar-refractivity contribution is 5.92. The van der Waals surface area contributed by atoms with Gasteiger partial charge in [-0.15, -0.1) is 0 Å². The van der Waals surface area contributed by atoms with E-state index < -0.39 is 0 Å². The van der Waals surface area contributed by atoms with Gasteiger partial charge in [0.15, 0.2) is 0 Å². The summed E-state index contributed by atoms with van der Waals surface area (Å²) in [5.74, 6) is 0.348. The summed E-state index contributed by atoms with van der Waals surface area (Å²) < 4.78 is 0. The molecule has 0 unspecified atom stereocenters. The second-order valence-corrected chi connectivity index (χ2v) is 5.36. The largest absolute Gasteiger partial charge is 0.508 e. The van der Waals surface area contributed by atoms with E-state index in [4.69, 9.17) is 0 Å². The zero-order valence-corrected chi connectivity index (χ0v) is 12.0. The Bertz CT molecular complexity index is 690. The first-order valence-corrected chi connectivity index (χ1v) is 6.74. The van der Waals surface area contributed by atoms with Crippen LogP contribution in [0.4, 0.5) is 5.69 Å². The van der Waals surface area contributed by atoms with Crippen molar-refractivity contribution in [1.29, 1.82) is 0 Å². The second kappa shape index (κ2) is 4.67. The molecule has 3 nitrogen and oxygen atoms in total. The van der Waals surface area contributed by atoms with E-state index in [1.54, 1.807) is 12.3 Å². The first-order chi connectivity index (χ1) is 9.59. The van der Waals surface area contributed by atoms with Crippen molar-refractivity contribution in [2.75, 3.05) is 18.5 Å². The SMILES string of the molecule is CC1=C(c2cccnc2)c2ccc(O)c(C)c2N(C)C1. The third kappa shape index (κ3) is 1.86. The van der Waals surface area contributed by atoms with Crippen LogP contribution in [0.3, 0.4) is 0 Å². The molecule has 2 heterocycles. The molecular formula is C17H18N2O. The van der Waals surface area contributed by atoms with Crippen LogP contribution in [-0.2, 0) is 0 Å². The van der Waals surface area contributed by atoms with Gasteiger partial charge in [-0.3, -0.25) is 4.98 Å². The Morgan fingerprint density at radius 3 is 2.70 bits per heavy atom. The predicted molar refractivity (Wildman–Crippen MR) is 82.0 cm³/mol. The van der Waals surface area contributed by atoms with Gasteiger partial charge in [-0.1, -0.05) is 6.07 Å². The molecule has 102 valence electrons. The van der Waals surface area contributed by atoms with Crippen LogP contribution in [0.15, 0.2) is 42.2 Å². The average molecular weight is 266 g/mol. The maximum Gasteiger partial charge on any atom is 0.120 e. The molecule has 0 bridgehead atoms. The minimum Gasteiger partial charge on any atom is -0.508 e. The Hall–Kier alpha value is -2.29. The van der Waals surface area contributed by atoms with Gasteiger partial charge in [0.05, 0.1) is 5.69 Å². The van der Waals surface area contributed by atoms with E-state index in [1.165, 1.54) is 16.7 Å². The summed E-state index contributed by atoms with van der Waals surface area (Å²) in [5.41, 5.74) is 6.88. The number of hydrogen-bond donors (Lipinski definition) is 1. The lowest BCUT2D eigenvalue weighted by atomic mass is 9.88. The van der Waals surface area contributed by atoms with E-state index in [-0.39, 0.29) is 0 Å². The lowest BCUT2D eigenvalue weighted by Crippen LogP contribution is -2.26. The highest BCUT2D eigenvalue weighted by Gasteiger charge is 2.24. The van der Waals surface area contributed by atoms with Gasteiger partial charge in [0.1, 0.15) is 5.75 Å². The summed E-state index contributed by atoms with van der Waals surface area (Å²) in [6.07, 6.45) is 3.69. The lowest BCUT2D eigenvalue weighted by Gasteiger charge is -2.32.